The molecule has 0 aliphatic carbocycles. The van der Waals surface area contributed by atoms with Crippen molar-refractivity contribution in [2.24, 2.45) is 0 Å². The van der Waals surface area contributed by atoms with Gasteiger partial charge in [0.1, 0.15) is 5.01 Å². The van der Waals surface area contributed by atoms with Crippen LogP contribution in [0.3, 0.4) is 0 Å². The highest BCUT2D eigenvalue weighted by molar-refractivity contribution is 7.23. The summed E-state index contributed by atoms with van der Waals surface area (Å²) in [5.74, 6) is 0. The van der Waals surface area contributed by atoms with Crippen LogP contribution in [0.1, 0.15) is 11.4 Å². The lowest BCUT2D eigenvalue weighted by molar-refractivity contribution is 0.718. The van der Waals surface area contributed by atoms with Gasteiger partial charge < -0.3 is 5.32 Å². The van der Waals surface area contributed by atoms with Crippen molar-refractivity contribution in [1.82, 2.24) is 15.5 Å². The Hall–Kier alpha value is -0.490. The van der Waals surface area contributed by atoms with E-state index in [1.165, 1.54) is 0 Å². The van der Waals surface area contributed by atoms with Crippen LogP contribution in [-0.4, -0.2) is 23.8 Å². The molecule has 16 heavy (non-hydrogen) atoms. The number of thiophene rings is 1. The Morgan fingerprint density at radius 2 is 2.19 bits per heavy atom. The van der Waals surface area contributed by atoms with E-state index >= 15 is 0 Å². The Morgan fingerprint density at radius 3 is 2.88 bits per heavy atom. The summed E-state index contributed by atoms with van der Waals surface area (Å²) in [7, 11) is 1.96. The number of hydrogen-bond donors (Lipinski definition) is 1. The van der Waals surface area contributed by atoms with Gasteiger partial charge in [0, 0.05) is 6.42 Å². The normalized spacial score (nSPS) is 10.9. The topological polar surface area (TPSA) is 37.8 Å². The van der Waals surface area contributed by atoms with Crippen LogP contribution in [0.5, 0.6) is 0 Å². The van der Waals surface area contributed by atoms with E-state index in [9.17, 15) is 0 Å². The largest absolute Gasteiger partial charge is 0.320 e. The van der Waals surface area contributed by atoms with Crippen molar-refractivity contribution in [2.45, 2.75) is 12.8 Å². The summed E-state index contributed by atoms with van der Waals surface area (Å²) in [6.45, 7) is 1.01. The van der Waals surface area contributed by atoms with Gasteiger partial charge >= 0.3 is 0 Å². The van der Waals surface area contributed by atoms with Crippen LogP contribution < -0.4 is 5.32 Å². The minimum absolute atomic E-state index is 0.793. The van der Waals surface area contributed by atoms with Gasteiger partial charge in [-0.05, 0) is 32.1 Å². The molecule has 2 aromatic rings. The molecule has 2 aromatic heterocycles. The molecule has 0 aromatic carbocycles. The standard InChI is InChI=1S/C10H12ClN3S2/c1-12-6-2-3-9-13-14-10(16-9)7-4-5-8(11)15-7/h4-5,12H,2-3,6H2,1H3. The van der Waals surface area contributed by atoms with Gasteiger partial charge in [-0.1, -0.05) is 22.9 Å². The Labute approximate surface area is 107 Å². The van der Waals surface area contributed by atoms with Crippen molar-refractivity contribution in [1.29, 1.82) is 0 Å². The molecular formula is C10H12ClN3S2. The monoisotopic (exact) mass is 273 g/mol. The van der Waals surface area contributed by atoms with E-state index in [0.29, 0.717) is 0 Å². The van der Waals surface area contributed by atoms with E-state index < -0.39 is 0 Å². The Bertz CT molecular complexity index is 452. The highest BCUT2D eigenvalue weighted by Crippen LogP contribution is 2.32. The number of aryl methyl sites for hydroxylation is 1. The van der Waals surface area contributed by atoms with Crippen LogP contribution >= 0.6 is 34.3 Å². The van der Waals surface area contributed by atoms with Gasteiger partial charge in [-0.3, -0.25) is 0 Å². The van der Waals surface area contributed by atoms with Gasteiger partial charge in [0.2, 0.25) is 0 Å². The van der Waals surface area contributed by atoms with Crippen molar-refractivity contribution in [3.63, 3.8) is 0 Å². The van der Waals surface area contributed by atoms with Gasteiger partial charge in [0.15, 0.2) is 5.01 Å². The second kappa shape index (κ2) is 5.72. The van der Waals surface area contributed by atoms with Gasteiger partial charge in [-0.2, -0.15) is 0 Å². The van der Waals surface area contributed by atoms with Crippen LogP contribution in [0.4, 0.5) is 0 Å². The molecule has 3 nitrogen and oxygen atoms in total. The van der Waals surface area contributed by atoms with Crippen LogP contribution in [0.15, 0.2) is 12.1 Å². The van der Waals surface area contributed by atoms with Gasteiger partial charge in [-0.25, -0.2) is 0 Å². The fourth-order valence-electron chi connectivity index (χ4n) is 1.30. The molecule has 0 bridgehead atoms. The van der Waals surface area contributed by atoms with Crippen LogP contribution in [0.2, 0.25) is 4.34 Å². The second-order valence-electron chi connectivity index (χ2n) is 3.31. The maximum atomic E-state index is 5.89. The molecule has 2 heterocycles. The van der Waals surface area contributed by atoms with Crippen LogP contribution in [0, 0.1) is 0 Å². The number of rotatable bonds is 5. The third kappa shape index (κ3) is 3.01. The third-order valence-corrected chi connectivity index (χ3v) is 4.45. The third-order valence-electron chi connectivity index (χ3n) is 2.07. The SMILES string of the molecule is CNCCCc1nnc(-c2ccc(Cl)s2)s1. The lowest BCUT2D eigenvalue weighted by Gasteiger charge is -1.94. The minimum Gasteiger partial charge on any atom is -0.320 e. The lowest BCUT2D eigenvalue weighted by atomic mass is 10.3. The van der Waals surface area contributed by atoms with Gasteiger partial charge in [0.05, 0.1) is 9.21 Å². The first kappa shape index (κ1) is 12.0. The number of hydrogen-bond acceptors (Lipinski definition) is 5. The molecule has 0 amide bonds. The summed E-state index contributed by atoms with van der Waals surface area (Å²) in [6, 6.07) is 3.88. The predicted octanol–water partition coefficient (Wildman–Crippen LogP) is 3.07. The summed E-state index contributed by atoms with van der Waals surface area (Å²) in [5.41, 5.74) is 0. The molecule has 0 saturated heterocycles. The molecular weight excluding hydrogens is 262 g/mol. The summed E-state index contributed by atoms with van der Waals surface area (Å²) < 4.78 is 0.793. The fourth-order valence-corrected chi connectivity index (χ4v) is 3.27. The first-order valence-electron chi connectivity index (χ1n) is 5.02. The molecule has 0 saturated carbocycles. The maximum absolute atomic E-state index is 5.89. The van der Waals surface area contributed by atoms with E-state index in [1.807, 2.05) is 19.2 Å². The molecule has 0 aliphatic rings. The first-order chi connectivity index (χ1) is 7.79. The molecule has 0 fully saturated rings. The predicted molar refractivity (Wildman–Crippen MR) is 70.5 cm³/mol. The van der Waals surface area contributed by atoms with E-state index in [0.717, 1.165) is 38.6 Å². The second-order valence-corrected chi connectivity index (χ2v) is 6.09. The van der Waals surface area contributed by atoms with Crippen molar-refractivity contribution in [3.05, 3.63) is 21.5 Å². The molecule has 0 unspecified atom stereocenters. The zero-order valence-corrected chi connectivity index (χ0v) is 11.3. The minimum atomic E-state index is 0.793. The van der Waals surface area contributed by atoms with E-state index in [-0.39, 0.29) is 0 Å². The van der Waals surface area contributed by atoms with Crippen molar-refractivity contribution >= 4 is 34.3 Å². The number of halogens is 1. The highest BCUT2D eigenvalue weighted by atomic mass is 35.5. The molecule has 6 heteroatoms. The van der Waals surface area contributed by atoms with Crippen molar-refractivity contribution in [2.75, 3.05) is 13.6 Å². The van der Waals surface area contributed by atoms with Gasteiger partial charge in [0.25, 0.3) is 0 Å². The van der Waals surface area contributed by atoms with Gasteiger partial charge in [-0.15, -0.1) is 21.5 Å². The summed E-state index contributed by atoms with van der Waals surface area (Å²) in [6.07, 6.45) is 2.08. The number of nitrogens with zero attached hydrogens (tertiary/aromatic N) is 2. The van der Waals surface area contributed by atoms with Crippen LogP contribution in [0.25, 0.3) is 9.88 Å². The zero-order chi connectivity index (χ0) is 11.4. The molecule has 1 N–H and O–H groups in total. The molecule has 86 valence electrons. The molecule has 2 rings (SSSR count). The molecule has 0 spiro atoms. The van der Waals surface area contributed by atoms with Crippen LogP contribution in [-0.2, 0) is 6.42 Å². The average Bonchev–Trinajstić information content (AvgIpc) is 2.87. The van der Waals surface area contributed by atoms with E-state index in [1.54, 1.807) is 22.7 Å². The Morgan fingerprint density at radius 1 is 1.31 bits per heavy atom. The smallest absolute Gasteiger partial charge is 0.157 e. The summed E-state index contributed by atoms with van der Waals surface area (Å²) in [4.78, 5) is 1.10. The number of aromatic nitrogens is 2. The summed E-state index contributed by atoms with van der Waals surface area (Å²) >= 11 is 9.08. The fraction of sp³-hybridized carbons (Fsp3) is 0.400. The number of nitrogens with one attached hydrogen (secondary N) is 1. The maximum Gasteiger partial charge on any atom is 0.157 e. The van der Waals surface area contributed by atoms with E-state index in [2.05, 4.69) is 15.5 Å². The Kier molecular flexibility index (Phi) is 4.29. The highest BCUT2D eigenvalue weighted by Gasteiger charge is 2.08. The zero-order valence-electron chi connectivity index (χ0n) is 8.86. The Balaban J connectivity index is 2.02. The average molecular weight is 274 g/mol. The molecule has 0 atom stereocenters. The first-order valence-corrected chi connectivity index (χ1v) is 7.03. The summed E-state index contributed by atoms with van der Waals surface area (Å²) in [5, 5.41) is 13.5. The van der Waals surface area contributed by atoms with Crippen molar-refractivity contribution in [3.8, 4) is 9.88 Å². The molecule has 0 aliphatic heterocycles. The molecule has 0 radical (unpaired) electrons. The van der Waals surface area contributed by atoms with E-state index in [4.69, 9.17) is 11.6 Å². The quantitative estimate of drug-likeness (QED) is 0.851. The van der Waals surface area contributed by atoms with Crippen molar-refractivity contribution < 1.29 is 0 Å². The lowest BCUT2D eigenvalue weighted by Crippen LogP contribution is -2.08.